The topological polar surface area (TPSA) is 66.4 Å². The summed E-state index contributed by atoms with van der Waals surface area (Å²) in [7, 11) is 0. The maximum absolute atomic E-state index is 12.4. The molecule has 4 nitrogen and oxygen atoms in total. The Hall–Kier alpha value is -1.84. The van der Waals surface area contributed by atoms with E-state index in [2.05, 4.69) is 5.32 Å². The van der Waals surface area contributed by atoms with Crippen molar-refractivity contribution in [3.63, 3.8) is 0 Å². The largest absolute Gasteiger partial charge is 0.481 e. The van der Waals surface area contributed by atoms with E-state index in [1.807, 2.05) is 44.2 Å². The molecule has 0 aliphatic carbocycles. The zero-order valence-corrected chi connectivity index (χ0v) is 13.2. The fraction of sp³-hybridized carbons (Fsp3) is 0.529. The van der Waals surface area contributed by atoms with Crippen LogP contribution in [0.3, 0.4) is 0 Å². The standard InChI is InChI=1S/C17H25NO3/c1-11(2)15(10-14-8-6-5-7-9-14)16(19)18-13(4)12(3)17(20)21/h5-9,11-13,15H,10H2,1-4H3,(H,18,19)(H,20,21). The molecule has 1 aromatic rings. The van der Waals surface area contributed by atoms with Crippen LogP contribution in [-0.2, 0) is 16.0 Å². The van der Waals surface area contributed by atoms with Crippen molar-refractivity contribution < 1.29 is 14.7 Å². The van der Waals surface area contributed by atoms with Gasteiger partial charge in [0.15, 0.2) is 0 Å². The molecule has 0 heterocycles. The molecule has 0 radical (unpaired) electrons. The molecule has 0 bridgehead atoms. The van der Waals surface area contributed by atoms with Crippen molar-refractivity contribution in [1.29, 1.82) is 0 Å². The quantitative estimate of drug-likeness (QED) is 0.811. The van der Waals surface area contributed by atoms with Gasteiger partial charge in [0.1, 0.15) is 0 Å². The highest BCUT2D eigenvalue weighted by molar-refractivity contribution is 5.80. The molecule has 0 aromatic heterocycles. The highest BCUT2D eigenvalue weighted by atomic mass is 16.4. The van der Waals surface area contributed by atoms with E-state index in [1.165, 1.54) is 0 Å². The van der Waals surface area contributed by atoms with Gasteiger partial charge in [-0.05, 0) is 31.7 Å². The molecule has 0 spiro atoms. The number of benzene rings is 1. The summed E-state index contributed by atoms with van der Waals surface area (Å²) >= 11 is 0. The first-order chi connectivity index (χ1) is 9.82. The molecule has 0 saturated carbocycles. The van der Waals surface area contributed by atoms with Crippen LogP contribution in [0.4, 0.5) is 0 Å². The van der Waals surface area contributed by atoms with Crippen LogP contribution in [0, 0.1) is 17.8 Å². The Morgan fingerprint density at radius 3 is 2.14 bits per heavy atom. The Bertz CT molecular complexity index is 470. The fourth-order valence-electron chi connectivity index (χ4n) is 2.17. The zero-order chi connectivity index (χ0) is 16.0. The van der Waals surface area contributed by atoms with Gasteiger partial charge in [0.05, 0.1) is 5.92 Å². The first-order valence-electron chi connectivity index (χ1n) is 7.40. The van der Waals surface area contributed by atoms with E-state index in [1.54, 1.807) is 13.8 Å². The Morgan fingerprint density at radius 2 is 1.67 bits per heavy atom. The average molecular weight is 291 g/mol. The number of carboxylic acid groups (broad SMARTS) is 1. The van der Waals surface area contributed by atoms with Gasteiger partial charge >= 0.3 is 5.97 Å². The third kappa shape index (κ3) is 5.21. The molecule has 0 fully saturated rings. The number of carbonyl (C=O) groups excluding carboxylic acids is 1. The molecule has 21 heavy (non-hydrogen) atoms. The summed E-state index contributed by atoms with van der Waals surface area (Å²) in [5, 5.41) is 11.8. The van der Waals surface area contributed by atoms with E-state index >= 15 is 0 Å². The zero-order valence-electron chi connectivity index (χ0n) is 13.2. The third-order valence-electron chi connectivity index (χ3n) is 3.95. The number of hydrogen-bond acceptors (Lipinski definition) is 2. The smallest absolute Gasteiger partial charge is 0.308 e. The number of nitrogens with one attached hydrogen (secondary N) is 1. The minimum Gasteiger partial charge on any atom is -0.481 e. The molecule has 1 amide bonds. The summed E-state index contributed by atoms with van der Waals surface area (Å²) < 4.78 is 0. The first kappa shape index (κ1) is 17.2. The fourth-order valence-corrected chi connectivity index (χ4v) is 2.17. The van der Waals surface area contributed by atoms with Crippen molar-refractivity contribution in [3.8, 4) is 0 Å². The van der Waals surface area contributed by atoms with Crippen LogP contribution < -0.4 is 5.32 Å². The highest BCUT2D eigenvalue weighted by Crippen LogP contribution is 2.18. The Balaban J connectivity index is 2.72. The molecule has 2 N–H and O–H groups in total. The number of carbonyl (C=O) groups is 2. The molecule has 3 unspecified atom stereocenters. The van der Waals surface area contributed by atoms with Gasteiger partial charge in [0.2, 0.25) is 5.91 Å². The summed E-state index contributed by atoms with van der Waals surface area (Å²) in [6, 6.07) is 9.49. The van der Waals surface area contributed by atoms with Crippen LogP contribution in [0.25, 0.3) is 0 Å². The van der Waals surface area contributed by atoms with Crippen LogP contribution in [0.1, 0.15) is 33.3 Å². The summed E-state index contributed by atoms with van der Waals surface area (Å²) in [4.78, 5) is 23.4. The average Bonchev–Trinajstić information content (AvgIpc) is 2.44. The molecule has 4 heteroatoms. The van der Waals surface area contributed by atoms with Gasteiger partial charge in [-0.2, -0.15) is 0 Å². The van der Waals surface area contributed by atoms with E-state index in [9.17, 15) is 9.59 Å². The third-order valence-corrected chi connectivity index (χ3v) is 3.95. The van der Waals surface area contributed by atoms with Gasteiger partial charge in [-0.1, -0.05) is 44.2 Å². The van der Waals surface area contributed by atoms with Gasteiger partial charge in [0, 0.05) is 12.0 Å². The molecule has 0 saturated heterocycles. The lowest BCUT2D eigenvalue weighted by Gasteiger charge is -2.24. The summed E-state index contributed by atoms with van der Waals surface area (Å²) in [6.07, 6.45) is 0.665. The first-order valence-corrected chi connectivity index (χ1v) is 7.40. The van der Waals surface area contributed by atoms with Crippen molar-refractivity contribution in [2.24, 2.45) is 17.8 Å². The molecule has 1 rings (SSSR count). The molecular weight excluding hydrogens is 266 g/mol. The van der Waals surface area contributed by atoms with Crippen molar-refractivity contribution in [2.45, 2.75) is 40.2 Å². The lowest BCUT2D eigenvalue weighted by molar-refractivity contribution is -0.142. The molecule has 0 aliphatic heterocycles. The number of rotatable bonds is 7. The van der Waals surface area contributed by atoms with Gasteiger partial charge in [-0.3, -0.25) is 9.59 Å². The van der Waals surface area contributed by atoms with Gasteiger partial charge in [0.25, 0.3) is 0 Å². The van der Waals surface area contributed by atoms with Gasteiger partial charge in [-0.15, -0.1) is 0 Å². The number of hydrogen-bond donors (Lipinski definition) is 2. The maximum atomic E-state index is 12.4. The second-order valence-electron chi connectivity index (χ2n) is 5.96. The molecule has 1 aromatic carbocycles. The molecule has 0 aliphatic rings. The SMILES string of the molecule is CC(C)C(Cc1ccccc1)C(=O)NC(C)C(C)C(=O)O. The van der Waals surface area contributed by atoms with E-state index in [0.717, 1.165) is 5.56 Å². The van der Waals surface area contributed by atoms with Crippen molar-refractivity contribution in [1.82, 2.24) is 5.32 Å². The molecule has 3 atom stereocenters. The molecule has 116 valence electrons. The monoisotopic (exact) mass is 291 g/mol. The van der Waals surface area contributed by atoms with Crippen LogP contribution in [0.15, 0.2) is 30.3 Å². The summed E-state index contributed by atoms with van der Waals surface area (Å²) in [5.41, 5.74) is 1.12. The Kier molecular flexibility index (Phi) is 6.40. The normalized spacial score (nSPS) is 15.3. The van der Waals surface area contributed by atoms with Crippen LogP contribution in [-0.4, -0.2) is 23.0 Å². The summed E-state index contributed by atoms with van der Waals surface area (Å²) in [5.74, 6) is -1.53. The highest BCUT2D eigenvalue weighted by Gasteiger charge is 2.27. The lowest BCUT2D eigenvalue weighted by atomic mass is 9.88. The van der Waals surface area contributed by atoms with Crippen molar-refractivity contribution in [2.75, 3.05) is 0 Å². The van der Waals surface area contributed by atoms with Crippen LogP contribution in [0.2, 0.25) is 0 Å². The van der Waals surface area contributed by atoms with E-state index in [-0.39, 0.29) is 23.8 Å². The molecular formula is C17H25NO3. The predicted molar refractivity (Wildman–Crippen MR) is 82.9 cm³/mol. The minimum atomic E-state index is -0.896. The second kappa shape index (κ2) is 7.81. The van der Waals surface area contributed by atoms with E-state index in [4.69, 9.17) is 5.11 Å². The number of carboxylic acids is 1. The van der Waals surface area contributed by atoms with Crippen LogP contribution >= 0.6 is 0 Å². The van der Waals surface area contributed by atoms with E-state index in [0.29, 0.717) is 6.42 Å². The van der Waals surface area contributed by atoms with Crippen molar-refractivity contribution in [3.05, 3.63) is 35.9 Å². The summed E-state index contributed by atoms with van der Waals surface area (Å²) in [6.45, 7) is 7.36. The van der Waals surface area contributed by atoms with Crippen LogP contribution in [0.5, 0.6) is 0 Å². The maximum Gasteiger partial charge on any atom is 0.308 e. The Morgan fingerprint density at radius 1 is 1.10 bits per heavy atom. The number of amides is 1. The van der Waals surface area contributed by atoms with Crippen molar-refractivity contribution >= 4 is 11.9 Å². The number of aliphatic carboxylic acids is 1. The lowest BCUT2D eigenvalue weighted by Crippen LogP contribution is -2.44. The van der Waals surface area contributed by atoms with E-state index < -0.39 is 11.9 Å². The second-order valence-corrected chi connectivity index (χ2v) is 5.96. The van der Waals surface area contributed by atoms with Gasteiger partial charge in [-0.25, -0.2) is 0 Å². The predicted octanol–water partition coefficient (Wildman–Crippen LogP) is 2.73. The minimum absolute atomic E-state index is 0.0746. The van der Waals surface area contributed by atoms with Gasteiger partial charge < -0.3 is 10.4 Å². The Labute approximate surface area is 126 Å².